The average molecular weight is 276 g/mol. The van der Waals surface area contributed by atoms with Crippen LogP contribution in [0.5, 0.6) is 0 Å². The summed E-state index contributed by atoms with van der Waals surface area (Å²) in [6.45, 7) is 4.23. The number of hydrogen-bond donors (Lipinski definition) is 1. The van der Waals surface area contributed by atoms with Gasteiger partial charge in [-0.15, -0.1) is 0 Å². The highest BCUT2D eigenvalue weighted by atomic mass is 32.2. The van der Waals surface area contributed by atoms with Crippen LogP contribution in [0.1, 0.15) is 37.9 Å². The normalized spacial score (nSPS) is 23.3. The monoisotopic (exact) mass is 276 g/mol. The van der Waals surface area contributed by atoms with Crippen molar-refractivity contribution in [3.63, 3.8) is 0 Å². The quantitative estimate of drug-likeness (QED) is 0.935. The fourth-order valence-electron chi connectivity index (χ4n) is 3.02. The molecule has 1 aliphatic rings. The van der Waals surface area contributed by atoms with Gasteiger partial charge in [-0.2, -0.15) is 11.8 Å². The maximum absolute atomic E-state index is 6.14. The zero-order chi connectivity index (χ0) is 13.4. The molecule has 0 radical (unpaired) electrons. The summed E-state index contributed by atoms with van der Waals surface area (Å²) in [5.41, 5.74) is 9.03. The molecule has 0 bridgehead atoms. The van der Waals surface area contributed by atoms with Crippen molar-refractivity contribution < 1.29 is 0 Å². The summed E-state index contributed by atoms with van der Waals surface area (Å²) in [5.74, 6) is 1.77. The van der Waals surface area contributed by atoms with Crippen LogP contribution in [0.15, 0.2) is 12.1 Å². The van der Waals surface area contributed by atoms with E-state index >= 15 is 0 Å². The Hall–Kier alpha value is -1.23. The Kier molecular flexibility index (Phi) is 3.39. The Balaban J connectivity index is 2.08. The van der Waals surface area contributed by atoms with Gasteiger partial charge in [-0.3, -0.25) is 4.57 Å². The number of nitrogens with zero attached hydrogens (tertiary/aromatic N) is 3. The minimum absolute atomic E-state index is 0.448. The van der Waals surface area contributed by atoms with Crippen molar-refractivity contribution in [2.24, 2.45) is 0 Å². The molecule has 2 atom stereocenters. The second kappa shape index (κ2) is 5.04. The number of pyridine rings is 1. The third-order valence-electron chi connectivity index (χ3n) is 3.83. The molecule has 2 unspecified atom stereocenters. The van der Waals surface area contributed by atoms with Gasteiger partial charge in [0.15, 0.2) is 5.65 Å². The van der Waals surface area contributed by atoms with Gasteiger partial charge in [-0.1, -0.05) is 13.3 Å². The van der Waals surface area contributed by atoms with Crippen molar-refractivity contribution >= 4 is 28.9 Å². The number of aromatic nitrogens is 3. The minimum Gasteiger partial charge on any atom is -0.369 e. The molecule has 2 aromatic rings. The van der Waals surface area contributed by atoms with Crippen LogP contribution in [-0.2, 0) is 0 Å². The molecule has 5 heteroatoms. The number of anilines is 1. The first kappa shape index (κ1) is 12.8. The van der Waals surface area contributed by atoms with Gasteiger partial charge in [0.2, 0.25) is 5.95 Å². The van der Waals surface area contributed by atoms with E-state index in [-0.39, 0.29) is 0 Å². The Morgan fingerprint density at radius 3 is 3.00 bits per heavy atom. The van der Waals surface area contributed by atoms with Gasteiger partial charge >= 0.3 is 0 Å². The lowest BCUT2D eigenvalue weighted by atomic mass is 10.2. The summed E-state index contributed by atoms with van der Waals surface area (Å²) in [5, 5.41) is 0.645. The largest absolute Gasteiger partial charge is 0.369 e. The van der Waals surface area contributed by atoms with Crippen LogP contribution in [0.4, 0.5) is 5.95 Å². The van der Waals surface area contributed by atoms with Crippen molar-refractivity contribution in [2.75, 3.05) is 11.5 Å². The van der Waals surface area contributed by atoms with E-state index in [1.807, 2.05) is 30.8 Å². The Morgan fingerprint density at radius 2 is 2.21 bits per heavy atom. The van der Waals surface area contributed by atoms with E-state index in [0.717, 1.165) is 22.6 Å². The zero-order valence-corrected chi connectivity index (χ0v) is 12.3. The summed E-state index contributed by atoms with van der Waals surface area (Å²) in [4.78, 5) is 9.11. The summed E-state index contributed by atoms with van der Waals surface area (Å²) in [6, 6.07) is 4.46. The molecule has 0 aliphatic heterocycles. The Morgan fingerprint density at radius 1 is 1.37 bits per heavy atom. The molecule has 0 aromatic carbocycles. The van der Waals surface area contributed by atoms with Crippen LogP contribution in [0.2, 0.25) is 0 Å². The number of thioether (sulfide) groups is 1. The fraction of sp³-hybridized carbons (Fsp3) is 0.571. The van der Waals surface area contributed by atoms with E-state index in [1.165, 1.54) is 19.3 Å². The summed E-state index contributed by atoms with van der Waals surface area (Å²) >= 11 is 2.03. The highest BCUT2D eigenvalue weighted by Gasteiger charge is 2.31. The number of aryl methyl sites for hydroxylation is 1. The van der Waals surface area contributed by atoms with Gasteiger partial charge in [0.05, 0.1) is 6.04 Å². The number of nitrogens with two attached hydrogens (primary N) is 1. The molecule has 2 aromatic heterocycles. The van der Waals surface area contributed by atoms with E-state index in [0.29, 0.717) is 17.2 Å². The van der Waals surface area contributed by atoms with Crippen LogP contribution in [-0.4, -0.2) is 25.5 Å². The topological polar surface area (TPSA) is 56.7 Å². The predicted molar refractivity (Wildman–Crippen MR) is 81.5 cm³/mol. The van der Waals surface area contributed by atoms with Gasteiger partial charge in [-0.25, -0.2) is 9.97 Å². The van der Waals surface area contributed by atoms with E-state index in [2.05, 4.69) is 21.5 Å². The van der Waals surface area contributed by atoms with E-state index in [4.69, 9.17) is 5.73 Å². The lowest BCUT2D eigenvalue weighted by Crippen LogP contribution is -2.18. The van der Waals surface area contributed by atoms with E-state index < -0.39 is 0 Å². The standard InChI is InChI=1S/C14H20N4S/c1-3-19-12-6-4-5-11(12)18-13-10(17-14(18)15)8-7-9(2)16-13/h7-8,11-12H,3-6H2,1-2H3,(H2,15,17). The first-order valence-corrected chi connectivity index (χ1v) is 7.98. The second-order valence-corrected chi connectivity index (χ2v) is 6.64. The molecule has 2 N–H and O–H groups in total. The third kappa shape index (κ3) is 2.20. The number of hydrogen-bond acceptors (Lipinski definition) is 4. The van der Waals surface area contributed by atoms with E-state index in [1.54, 1.807) is 0 Å². The molecular formula is C14H20N4S. The first-order chi connectivity index (χ1) is 9.20. The molecule has 102 valence electrons. The smallest absolute Gasteiger partial charge is 0.202 e. The molecule has 1 aliphatic carbocycles. The number of fused-ring (bicyclic) bond motifs is 1. The van der Waals surface area contributed by atoms with Crippen LogP contribution in [0.3, 0.4) is 0 Å². The molecule has 0 spiro atoms. The molecule has 0 saturated heterocycles. The summed E-state index contributed by atoms with van der Waals surface area (Å²) in [6.07, 6.45) is 3.73. The molecule has 19 heavy (non-hydrogen) atoms. The highest BCUT2D eigenvalue weighted by Crippen LogP contribution is 2.40. The Bertz CT molecular complexity index is 592. The minimum atomic E-state index is 0.448. The van der Waals surface area contributed by atoms with Gasteiger partial charge in [0.1, 0.15) is 5.52 Å². The van der Waals surface area contributed by atoms with Crippen LogP contribution in [0.25, 0.3) is 11.2 Å². The molecule has 1 fully saturated rings. The number of imidazole rings is 1. The van der Waals surface area contributed by atoms with E-state index in [9.17, 15) is 0 Å². The lowest BCUT2D eigenvalue weighted by Gasteiger charge is -2.21. The van der Waals surface area contributed by atoms with Crippen LogP contribution < -0.4 is 5.73 Å². The molecule has 3 rings (SSSR count). The molecule has 0 amide bonds. The highest BCUT2D eigenvalue weighted by molar-refractivity contribution is 7.99. The number of rotatable bonds is 3. The lowest BCUT2D eigenvalue weighted by molar-refractivity contribution is 0.546. The molecule has 4 nitrogen and oxygen atoms in total. The summed E-state index contributed by atoms with van der Waals surface area (Å²) < 4.78 is 2.17. The molecular weight excluding hydrogens is 256 g/mol. The molecule has 2 heterocycles. The zero-order valence-electron chi connectivity index (χ0n) is 11.5. The van der Waals surface area contributed by atoms with Gasteiger partial charge in [0, 0.05) is 10.9 Å². The predicted octanol–water partition coefficient (Wildman–Crippen LogP) is 3.17. The van der Waals surface area contributed by atoms with Gasteiger partial charge in [0.25, 0.3) is 0 Å². The molecule has 1 saturated carbocycles. The van der Waals surface area contributed by atoms with Crippen molar-refractivity contribution in [3.05, 3.63) is 17.8 Å². The maximum atomic E-state index is 6.14. The van der Waals surface area contributed by atoms with Crippen LogP contribution in [0, 0.1) is 6.92 Å². The third-order valence-corrected chi connectivity index (χ3v) is 5.15. The van der Waals surface area contributed by atoms with Crippen molar-refractivity contribution in [2.45, 2.75) is 44.4 Å². The van der Waals surface area contributed by atoms with Crippen molar-refractivity contribution in [3.8, 4) is 0 Å². The summed E-state index contributed by atoms with van der Waals surface area (Å²) in [7, 11) is 0. The van der Waals surface area contributed by atoms with Crippen molar-refractivity contribution in [1.82, 2.24) is 14.5 Å². The maximum Gasteiger partial charge on any atom is 0.202 e. The van der Waals surface area contributed by atoms with Gasteiger partial charge < -0.3 is 5.73 Å². The average Bonchev–Trinajstić information content (AvgIpc) is 2.93. The first-order valence-electron chi connectivity index (χ1n) is 6.93. The second-order valence-electron chi connectivity index (χ2n) is 5.13. The SMILES string of the molecule is CCSC1CCCC1n1c(N)nc2ccc(C)nc21. The fourth-order valence-corrected chi connectivity index (χ4v) is 4.26. The van der Waals surface area contributed by atoms with Gasteiger partial charge in [-0.05, 0) is 37.7 Å². The Labute approximate surface area is 117 Å². The van der Waals surface area contributed by atoms with Crippen molar-refractivity contribution in [1.29, 1.82) is 0 Å². The number of nitrogen functional groups attached to an aromatic ring is 1. The van der Waals surface area contributed by atoms with Crippen LogP contribution >= 0.6 is 11.8 Å².